The van der Waals surface area contributed by atoms with Crippen LogP contribution in [0.4, 0.5) is 0 Å². The molecule has 0 spiro atoms. The molecule has 3 nitrogen and oxygen atoms in total. The van der Waals surface area contributed by atoms with Gasteiger partial charge in [-0.15, -0.1) is 0 Å². The lowest BCUT2D eigenvalue weighted by molar-refractivity contribution is -0.154. The number of hydrogen-bond acceptors (Lipinski definition) is 3. The summed E-state index contributed by atoms with van der Waals surface area (Å²) in [5, 5.41) is 0. The van der Waals surface area contributed by atoms with Crippen LogP contribution in [0.3, 0.4) is 0 Å². The van der Waals surface area contributed by atoms with Gasteiger partial charge in [-0.05, 0) is 38.2 Å². The number of ether oxygens (including phenoxy) is 2. The lowest BCUT2D eigenvalue weighted by Gasteiger charge is -2.19. The molecule has 3 heteroatoms. The molecule has 1 saturated heterocycles. The molecule has 2 atom stereocenters. The molecule has 1 aliphatic rings. The van der Waals surface area contributed by atoms with E-state index in [1.807, 2.05) is 20.8 Å². The highest BCUT2D eigenvalue weighted by molar-refractivity contribution is 5.75. The van der Waals surface area contributed by atoms with Crippen molar-refractivity contribution in [3.63, 3.8) is 0 Å². The van der Waals surface area contributed by atoms with Crippen LogP contribution in [0.5, 0.6) is 0 Å². The minimum absolute atomic E-state index is 0.125. The van der Waals surface area contributed by atoms with Crippen molar-refractivity contribution in [2.75, 3.05) is 13.2 Å². The average Bonchev–Trinajstić information content (AvgIpc) is 3.37. The van der Waals surface area contributed by atoms with Crippen LogP contribution in [0.15, 0.2) is 30.3 Å². The van der Waals surface area contributed by atoms with Crippen LogP contribution >= 0.6 is 0 Å². The number of hydrogen-bond donors (Lipinski definition) is 0. The van der Waals surface area contributed by atoms with Crippen molar-refractivity contribution >= 4 is 5.97 Å². The Balaban J connectivity index is 0.000000224. The monoisotopic (exact) mass is 306 g/mol. The largest absolute Gasteiger partial charge is 0.462 e. The topological polar surface area (TPSA) is 38.8 Å². The molecule has 1 fully saturated rings. The molecule has 124 valence electrons. The van der Waals surface area contributed by atoms with Crippen molar-refractivity contribution in [3.8, 4) is 0 Å². The molecule has 0 saturated carbocycles. The predicted molar refractivity (Wildman–Crippen MR) is 89.9 cm³/mol. The molecule has 2 rings (SSSR count). The summed E-state index contributed by atoms with van der Waals surface area (Å²) >= 11 is 0. The summed E-state index contributed by atoms with van der Waals surface area (Å²) in [6.07, 6.45) is 2.20. The first-order valence-electron chi connectivity index (χ1n) is 8.24. The first-order valence-corrected chi connectivity index (χ1v) is 8.24. The zero-order valence-corrected chi connectivity index (χ0v) is 14.6. The van der Waals surface area contributed by atoms with Gasteiger partial charge in [0.1, 0.15) is 12.7 Å². The summed E-state index contributed by atoms with van der Waals surface area (Å²) in [5.41, 5.74) is 1.10. The molecule has 0 aliphatic carbocycles. The number of carbonyl (C=O) groups excluding carboxylic acids is 1. The minimum atomic E-state index is -0.352. The van der Waals surface area contributed by atoms with Gasteiger partial charge in [-0.1, -0.05) is 51.1 Å². The Morgan fingerprint density at radius 1 is 1.32 bits per heavy atom. The lowest BCUT2D eigenvalue weighted by Crippen LogP contribution is -2.27. The van der Waals surface area contributed by atoms with Crippen molar-refractivity contribution in [1.82, 2.24) is 0 Å². The number of carbonyl (C=O) groups is 1. The van der Waals surface area contributed by atoms with E-state index in [1.165, 1.54) is 12.0 Å². The van der Waals surface area contributed by atoms with E-state index in [9.17, 15) is 4.79 Å². The first kappa shape index (κ1) is 18.7. The molecule has 1 aromatic rings. The van der Waals surface area contributed by atoms with Gasteiger partial charge in [0.2, 0.25) is 0 Å². The molecule has 2 unspecified atom stereocenters. The van der Waals surface area contributed by atoms with E-state index in [0.717, 1.165) is 13.0 Å². The molecule has 0 amide bonds. The van der Waals surface area contributed by atoms with Crippen LogP contribution in [0, 0.1) is 5.41 Å². The zero-order chi connectivity index (χ0) is 16.6. The Hall–Kier alpha value is -1.35. The lowest BCUT2D eigenvalue weighted by atomic mass is 9.91. The molecule has 22 heavy (non-hydrogen) atoms. The van der Waals surface area contributed by atoms with Gasteiger partial charge in [0.05, 0.1) is 12.0 Å². The smallest absolute Gasteiger partial charge is 0.311 e. The van der Waals surface area contributed by atoms with Gasteiger partial charge in [0, 0.05) is 0 Å². The fourth-order valence-electron chi connectivity index (χ4n) is 1.69. The summed E-state index contributed by atoms with van der Waals surface area (Å²) in [5.74, 6) is 0.585. The second-order valence-corrected chi connectivity index (χ2v) is 6.51. The standard InChI is InChI=1S/C10H14.C9H16O3/c1-3-9(2)10-7-5-4-6-8-10;1-4-9(2,3)8(10)12-6-7-5-11-7/h4-9H,3H2,1-2H3;7H,4-6H2,1-3H3. The van der Waals surface area contributed by atoms with Crippen LogP contribution < -0.4 is 0 Å². The third-order valence-corrected chi connectivity index (χ3v) is 4.22. The van der Waals surface area contributed by atoms with E-state index >= 15 is 0 Å². The molecule has 1 aliphatic heterocycles. The van der Waals surface area contributed by atoms with E-state index in [4.69, 9.17) is 9.47 Å². The van der Waals surface area contributed by atoms with Crippen molar-refractivity contribution in [2.24, 2.45) is 5.41 Å². The quantitative estimate of drug-likeness (QED) is 0.571. The SMILES string of the molecule is CCC(C)(C)C(=O)OCC1CO1.CCC(C)c1ccccc1. The maximum absolute atomic E-state index is 11.4. The maximum atomic E-state index is 11.4. The van der Waals surface area contributed by atoms with Gasteiger partial charge >= 0.3 is 5.97 Å². The predicted octanol–water partition coefficient (Wildman–Crippen LogP) is 4.56. The maximum Gasteiger partial charge on any atom is 0.311 e. The van der Waals surface area contributed by atoms with Crippen molar-refractivity contribution < 1.29 is 14.3 Å². The highest BCUT2D eigenvalue weighted by Gasteiger charge is 2.30. The highest BCUT2D eigenvalue weighted by atomic mass is 16.6. The third-order valence-electron chi connectivity index (χ3n) is 4.22. The summed E-state index contributed by atoms with van der Waals surface area (Å²) < 4.78 is 9.99. The Morgan fingerprint density at radius 3 is 2.36 bits per heavy atom. The third kappa shape index (κ3) is 6.61. The van der Waals surface area contributed by atoms with Gasteiger partial charge in [-0.3, -0.25) is 4.79 Å². The van der Waals surface area contributed by atoms with Gasteiger partial charge in [-0.25, -0.2) is 0 Å². The number of esters is 1. The molecule has 0 bridgehead atoms. The van der Waals surface area contributed by atoms with Crippen LogP contribution in [0.1, 0.15) is 58.9 Å². The van der Waals surface area contributed by atoms with Crippen LogP contribution in [0.25, 0.3) is 0 Å². The summed E-state index contributed by atoms with van der Waals surface area (Å²) in [4.78, 5) is 11.4. The first-order chi connectivity index (χ1) is 10.4. The van der Waals surface area contributed by atoms with E-state index in [2.05, 4.69) is 44.2 Å². The molecule has 0 radical (unpaired) electrons. The Morgan fingerprint density at radius 2 is 1.91 bits per heavy atom. The van der Waals surface area contributed by atoms with E-state index in [1.54, 1.807) is 0 Å². The molecule has 0 N–H and O–H groups in total. The Kier molecular flexibility index (Phi) is 7.60. The second-order valence-electron chi connectivity index (χ2n) is 6.51. The molecule has 1 heterocycles. The number of epoxide rings is 1. The molecular formula is C19H30O3. The van der Waals surface area contributed by atoms with Gasteiger partial charge in [-0.2, -0.15) is 0 Å². The second kappa shape index (κ2) is 8.94. The molecule has 1 aromatic carbocycles. The Bertz CT molecular complexity index is 435. The van der Waals surface area contributed by atoms with Crippen LogP contribution in [-0.4, -0.2) is 25.3 Å². The molecular weight excluding hydrogens is 276 g/mol. The Labute approximate surface area is 135 Å². The summed E-state index contributed by atoms with van der Waals surface area (Å²) in [7, 11) is 0. The van der Waals surface area contributed by atoms with Crippen molar-refractivity contribution in [3.05, 3.63) is 35.9 Å². The zero-order valence-electron chi connectivity index (χ0n) is 14.6. The highest BCUT2D eigenvalue weighted by Crippen LogP contribution is 2.22. The fourth-order valence-corrected chi connectivity index (χ4v) is 1.69. The minimum Gasteiger partial charge on any atom is -0.462 e. The van der Waals surface area contributed by atoms with Gasteiger partial charge in [0.25, 0.3) is 0 Å². The van der Waals surface area contributed by atoms with E-state index in [-0.39, 0.29) is 17.5 Å². The summed E-state index contributed by atoms with van der Waals surface area (Å²) in [6, 6.07) is 10.6. The van der Waals surface area contributed by atoms with E-state index < -0.39 is 0 Å². The normalized spacial score (nSPS) is 18.0. The van der Waals surface area contributed by atoms with Crippen molar-refractivity contribution in [2.45, 2.75) is 59.5 Å². The van der Waals surface area contributed by atoms with Gasteiger partial charge in [0.15, 0.2) is 0 Å². The fraction of sp³-hybridized carbons (Fsp3) is 0.632. The molecule has 0 aromatic heterocycles. The van der Waals surface area contributed by atoms with Crippen LogP contribution in [0.2, 0.25) is 0 Å². The van der Waals surface area contributed by atoms with Crippen molar-refractivity contribution in [1.29, 1.82) is 0 Å². The number of rotatable bonds is 6. The number of benzene rings is 1. The van der Waals surface area contributed by atoms with Gasteiger partial charge < -0.3 is 9.47 Å². The summed E-state index contributed by atoms with van der Waals surface area (Å²) in [6.45, 7) is 11.4. The average molecular weight is 306 g/mol. The van der Waals surface area contributed by atoms with Crippen LogP contribution in [-0.2, 0) is 14.3 Å². The van der Waals surface area contributed by atoms with E-state index in [0.29, 0.717) is 12.5 Å².